The highest BCUT2D eigenvalue weighted by molar-refractivity contribution is 7.99. The van der Waals surface area contributed by atoms with Crippen molar-refractivity contribution >= 4 is 17.7 Å². The van der Waals surface area contributed by atoms with Crippen LogP contribution in [0.25, 0.3) is 0 Å². The first-order chi connectivity index (χ1) is 6.44. The van der Waals surface area contributed by atoms with Crippen molar-refractivity contribution < 1.29 is 4.79 Å². The van der Waals surface area contributed by atoms with Crippen LogP contribution in [0.15, 0.2) is 0 Å². The van der Waals surface area contributed by atoms with Crippen molar-refractivity contribution in [2.75, 3.05) is 19.8 Å². The lowest BCUT2D eigenvalue weighted by atomic mass is 10.1. The molecule has 4 heteroatoms. The molecule has 0 aromatic heterocycles. The number of nitrogens with one attached hydrogen (secondary N) is 2. The molecule has 0 rings (SSSR count). The minimum absolute atomic E-state index is 0.0632. The SMILES string of the molecule is CNC(C)(C)C(=O)NCCC(C)SC. The molecule has 1 atom stereocenters. The van der Waals surface area contributed by atoms with Crippen LogP contribution in [0.5, 0.6) is 0 Å². The summed E-state index contributed by atoms with van der Waals surface area (Å²) >= 11 is 1.82. The molecule has 0 aliphatic carbocycles. The first-order valence-corrected chi connectivity index (χ1v) is 6.23. The fourth-order valence-corrected chi connectivity index (χ4v) is 1.19. The van der Waals surface area contributed by atoms with E-state index in [1.54, 1.807) is 7.05 Å². The summed E-state index contributed by atoms with van der Waals surface area (Å²) in [5.74, 6) is 0.0632. The summed E-state index contributed by atoms with van der Waals surface area (Å²) in [6, 6.07) is 0. The van der Waals surface area contributed by atoms with Gasteiger partial charge >= 0.3 is 0 Å². The van der Waals surface area contributed by atoms with Crippen LogP contribution in [0.2, 0.25) is 0 Å². The number of amides is 1. The van der Waals surface area contributed by atoms with Gasteiger partial charge in [0.15, 0.2) is 0 Å². The minimum Gasteiger partial charge on any atom is -0.354 e. The molecule has 0 saturated carbocycles. The lowest BCUT2D eigenvalue weighted by Crippen LogP contribution is -2.51. The van der Waals surface area contributed by atoms with Crippen LogP contribution in [-0.2, 0) is 4.79 Å². The normalized spacial score (nSPS) is 13.8. The van der Waals surface area contributed by atoms with Crippen molar-refractivity contribution in [2.45, 2.75) is 38.0 Å². The van der Waals surface area contributed by atoms with E-state index in [9.17, 15) is 4.79 Å². The van der Waals surface area contributed by atoms with Gasteiger partial charge in [0.25, 0.3) is 0 Å². The maximum Gasteiger partial charge on any atom is 0.239 e. The summed E-state index contributed by atoms with van der Waals surface area (Å²) in [6.07, 6.45) is 3.11. The average molecular weight is 218 g/mol. The first kappa shape index (κ1) is 13.8. The van der Waals surface area contributed by atoms with Crippen LogP contribution in [-0.4, -0.2) is 36.5 Å². The Bertz CT molecular complexity index is 183. The Hall–Kier alpha value is -0.220. The highest BCUT2D eigenvalue weighted by Crippen LogP contribution is 2.08. The molecule has 1 amide bonds. The largest absolute Gasteiger partial charge is 0.354 e. The molecule has 0 heterocycles. The number of thioether (sulfide) groups is 1. The summed E-state index contributed by atoms with van der Waals surface area (Å²) in [4.78, 5) is 11.6. The van der Waals surface area contributed by atoms with Gasteiger partial charge in [-0.25, -0.2) is 0 Å². The second kappa shape index (κ2) is 6.30. The predicted octanol–water partition coefficient (Wildman–Crippen LogP) is 1.24. The Labute approximate surface area is 91.4 Å². The number of carbonyl (C=O) groups is 1. The molecule has 14 heavy (non-hydrogen) atoms. The van der Waals surface area contributed by atoms with E-state index in [1.807, 2.05) is 25.6 Å². The summed E-state index contributed by atoms with van der Waals surface area (Å²) in [5.41, 5.74) is -0.470. The molecule has 0 aliphatic heterocycles. The van der Waals surface area contributed by atoms with Crippen molar-refractivity contribution in [3.8, 4) is 0 Å². The van der Waals surface area contributed by atoms with Crippen LogP contribution >= 0.6 is 11.8 Å². The molecule has 0 saturated heterocycles. The van der Waals surface area contributed by atoms with Gasteiger partial charge in [0.2, 0.25) is 5.91 Å². The standard InChI is InChI=1S/C10H22N2OS/c1-8(14-5)6-7-12-9(13)10(2,3)11-4/h8,11H,6-7H2,1-5H3,(H,12,13). The Kier molecular flexibility index (Phi) is 6.20. The average Bonchev–Trinajstić information content (AvgIpc) is 2.17. The third-order valence-electron chi connectivity index (χ3n) is 2.43. The van der Waals surface area contributed by atoms with Crippen LogP contribution < -0.4 is 10.6 Å². The van der Waals surface area contributed by atoms with Gasteiger partial charge in [-0.1, -0.05) is 6.92 Å². The molecule has 0 aliphatic rings. The Balaban J connectivity index is 3.75. The van der Waals surface area contributed by atoms with Gasteiger partial charge in [-0.15, -0.1) is 0 Å². The van der Waals surface area contributed by atoms with Gasteiger partial charge in [0.05, 0.1) is 5.54 Å². The fourth-order valence-electron chi connectivity index (χ4n) is 0.841. The number of hydrogen-bond donors (Lipinski definition) is 2. The third kappa shape index (κ3) is 4.86. The topological polar surface area (TPSA) is 41.1 Å². The van der Waals surface area contributed by atoms with Crippen molar-refractivity contribution in [1.82, 2.24) is 10.6 Å². The van der Waals surface area contributed by atoms with E-state index in [-0.39, 0.29) is 5.91 Å². The Morgan fingerprint density at radius 2 is 2.07 bits per heavy atom. The quantitative estimate of drug-likeness (QED) is 0.705. The van der Waals surface area contributed by atoms with Crippen molar-refractivity contribution in [3.63, 3.8) is 0 Å². The second-order valence-electron chi connectivity index (χ2n) is 3.97. The monoisotopic (exact) mass is 218 g/mol. The molecular weight excluding hydrogens is 196 g/mol. The van der Waals surface area contributed by atoms with E-state index in [1.165, 1.54) is 0 Å². The molecule has 0 fully saturated rings. The van der Waals surface area contributed by atoms with E-state index in [0.29, 0.717) is 5.25 Å². The molecule has 2 N–H and O–H groups in total. The van der Waals surface area contributed by atoms with E-state index in [0.717, 1.165) is 13.0 Å². The maximum absolute atomic E-state index is 11.6. The van der Waals surface area contributed by atoms with Gasteiger partial charge in [0.1, 0.15) is 0 Å². The zero-order chi connectivity index (χ0) is 11.2. The molecule has 0 aromatic rings. The van der Waals surface area contributed by atoms with Crippen molar-refractivity contribution in [2.24, 2.45) is 0 Å². The lowest BCUT2D eigenvalue weighted by molar-refractivity contribution is -0.126. The number of rotatable bonds is 6. The van der Waals surface area contributed by atoms with Gasteiger partial charge in [0, 0.05) is 11.8 Å². The number of hydrogen-bond acceptors (Lipinski definition) is 3. The summed E-state index contributed by atoms with van der Waals surface area (Å²) < 4.78 is 0. The molecule has 0 aromatic carbocycles. The lowest BCUT2D eigenvalue weighted by Gasteiger charge is -2.23. The molecule has 1 unspecified atom stereocenters. The third-order valence-corrected chi connectivity index (χ3v) is 3.47. The van der Waals surface area contributed by atoms with Crippen LogP contribution in [0.3, 0.4) is 0 Å². The van der Waals surface area contributed by atoms with Gasteiger partial charge < -0.3 is 10.6 Å². The Morgan fingerprint density at radius 3 is 2.50 bits per heavy atom. The fraction of sp³-hybridized carbons (Fsp3) is 0.900. The predicted molar refractivity (Wildman–Crippen MR) is 63.7 cm³/mol. The summed E-state index contributed by atoms with van der Waals surface area (Å²) in [5, 5.41) is 6.50. The number of likely N-dealkylation sites (N-methyl/N-ethyl adjacent to an activating group) is 1. The number of carbonyl (C=O) groups excluding carboxylic acids is 1. The van der Waals surface area contributed by atoms with Crippen molar-refractivity contribution in [3.05, 3.63) is 0 Å². The van der Waals surface area contributed by atoms with Gasteiger partial charge in [-0.2, -0.15) is 11.8 Å². The smallest absolute Gasteiger partial charge is 0.239 e. The molecular formula is C10H22N2OS. The highest BCUT2D eigenvalue weighted by Gasteiger charge is 2.24. The molecule has 0 spiro atoms. The van der Waals surface area contributed by atoms with Crippen molar-refractivity contribution in [1.29, 1.82) is 0 Å². The van der Waals surface area contributed by atoms with Crippen LogP contribution in [0.4, 0.5) is 0 Å². The van der Waals surface area contributed by atoms with E-state index < -0.39 is 5.54 Å². The minimum atomic E-state index is -0.470. The van der Waals surface area contributed by atoms with E-state index in [2.05, 4.69) is 23.8 Å². The zero-order valence-corrected chi connectivity index (χ0v) is 10.6. The Morgan fingerprint density at radius 1 is 1.50 bits per heavy atom. The molecule has 84 valence electrons. The molecule has 3 nitrogen and oxygen atoms in total. The van der Waals surface area contributed by atoms with Gasteiger partial charge in [-0.3, -0.25) is 4.79 Å². The van der Waals surface area contributed by atoms with Crippen LogP contribution in [0, 0.1) is 0 Å². The molecule has 0 bridgehead atoms. The van der Waals surface area contributed by atoms with E-state index >= 15 is 0 Å². The maximum atomic E-state index is 11.6. The second-order valence-corrected chi connectivity index (χ2v) is 5.24. The molecule has 0 radical (unpaired) electrons. The first-order valence-electron chi connectivity index (χ1n) is 4.94. The highest BCUT2D eigenvalue weighted by atomic mass is 32.2. The summed E-state index contributed by atoms with van der Waals surface area (Å²) in [6.45, 7) is 6.67. The summed E-state index contributed by atoms with van der Waals surface area (Å²) in [7, 11) is 1.80. The van der Waals surface area contributed by atoms with Crippen LogP contribution in [0.1, 0.15) is 27.2 Å². The zero-order valence-electron chi connectivity index (χ0n) is 9.81. The van der Waals surface area contributed by atoms with Gasteiger partial charge in [-0.05, 0) is 33.6 Å². The van der Waals surface area contributed by atoms with E-state index in [4.69, 9.17) is 0 Å².